The predicted molar refractivity (Wildman–Crippen MR) is 64.2 cm³/mol. The van der Waals surface area contributed by atoms with E-state index in [-0.39, 0.29) is 0 Å². The van der Waals surface area contributed by atoms with Crippen LogP contribution in [0.4, 0.5) is 11.4 Å². The van der Waals surface area contributed by atoms with Gasteiger partial charge in [0.1, 0.15) is 0 Å². The molecule has 5 nitrogen and oxygen atoms in total. The van der Waals surface area contributed by atoms with Gasteiger partial charge in [0.05, 0.1) is 0 Å². The molecule has 0 amide bonds. The van der Waals surface area contributed by atoms with Crippen molar-refractivity contribution in [1.82, 2.24) is 4.31 Å². The molecule has 0 spiro atoms. The van der Waals surface area contributed by atoms with Gasteiger partial charge in [0.15, 0.2) is 0 Å². The van der Waals surface area contributed by atoms with Crippen LogP contribution in [0.3, 0.4) is 0 Å². The number of nitrogens with zero attached hydrogens (tertiary/aromatic N) is 1. The molecule has 1 heterocycles. The summed E-state index contributed by atoms with van der Waals surface area (Å²) in [6.07, 6.45) is 1.87. The molecule has 3 N–H and O–H groups in total. The zero-order valence-electron chi connectivity index (χ0n) is 8.89. The lowest BCUT2D eigenvalue weighted by Gasteiger charge is -2.16. The summed E-state index contributed by atoms with van der Waals surface area (Å²) >= 11 is 0. The number of rotatable bonds is 3. The fourth-order valence-electron chi connectivity index (χ4n) is 1.69. The van der Waals surface area contributed by atoms with Crippen LogP contribution in [-0.2, 0) is 10.2 Å². The Morgan fingerprint density at radius 1 is 1.12 bits per heavy atom. The van der Waals surface area contributed by atoms with Crippen molar-refractivity contribution >= 4 is 21.6 Å². The number of hydrogen-bond acceptors (Lipinski definition) is 3. The van der Waals surface area contributed by atoms with Crippen LogP contribution in [0, 0.1) is 0 Å². The quantitative estimate of drug-likeness (QED) is 0.776. The Hall–Kier alpha value is -1.27. The van der Waals surface area contributed by atoms with E-state index in [1.54, 1.807) is 24.3 Å². The van der Waals surface area contributed by atoms with Crippen LogP contribution in [-0.4, -0.2) is 25.8 Å². The van der Waals surface area contributed by atoms with Gasteiger partial charge in [0.25, 0.3) is 0 Å². The lowest BCUT2D eigenvalue weighted by atomic mass is 10.3. The van der Waals surface area contributed by atoms with Crippen molar-refractivity contribution in [2.45, 2.75) is 12.8 Å². The first-order valence-electron chi connectivity index (χ1n) is 5.21. The molecule has 6 heteroatoms. The number of hydrogen-bond donors (Lipinski definition) is 2. The molecule has 0 saturated carbocycles. The van der Waals surface area contributed by atoms with Crippen LogP contribution >= 0.6 is 0 Å². The van der Waals surface area contributed by atoms with Gasteiger partial charge in [-0.25, -0.2) is 0 Å². The highest BCUT2D eigenvalue weighted by molar-refractivity contribution is 7.90. The molecule has 1 aliphatic heterocycles. The summed E-state index contributed by atoms with van der Waals surface area (Å²) in [5.41, 5.74) is 6.68. The van der Waals surface area contributed by atoms with Gasteiger partial charge in [-0.3, -0.25) is 4.72 Å². The van der Waals surface area contributed by atoms with E-state index in [2.05, 4.69) is 4.72 Å². The molecule has 0 radical (unpaired) electrons. The number of nitrogens with two attached hydrogens (primary N) is 1. The second kappa shape index (κ2) is 4.31. The molecule has 0 unspecified atom stereocenters. The third kappa shape index (κ3) is 2.45. The summed E-state index contributed by atoms with van der Waals surface area (Å²) in [6, 6.07) is 6.65. The molecular weight excluding hydrogens is 226 g/mol. The molecule has 0 aliphatic carbocycles. The Labute approximate surface area is 95.4 Å². The van der Waals surface area contributed by atoms with Crippen LogP contribution in [0.5, 0.6) is 0 Å². The molecule has 0 atom stereocenters. The summed E-state index contributed by atoms with van der Waals surface area (Å²) in [7, 11) is -3.38. The van der Waals surface area contributed by atoms with E-state index < -0.39 is 10.2 Å². The minimum absolute atomic E-state index is 0.543. The molecular formula is C10H15N3O2S. The molecule has 0 bridgehead atoms. The van der Waals surface area contributed by atoms with E-state index in [0.717, 1.165) is 12.8 Å². The topological polar surface area (TPSA) is 75.4 Å². The molecule has 1 aromatic carbocycles. The Morgan fingerprint density at radius 3 is 2.25 bits per heavy atom. The normalized spacial score (nSPS) is 17.5. The van der Waals surface area contributed by atoms with Crippen molar-refractivity contribution < 1.29 is 8.42 Å². The van der Waals surface area contributed by atoms with Crippen LogP contribution in [0.15, 0.2) is 24.3 Å². The monoisotopic (exact) mass is 241 g/mol. The fraction of sp³-hybridized carbons (Fsp3) is 0.400. The van der Waals surface area contributed by atoms with Crippen molar-refractivity contribution in [3.63, 3.8) is 0 Å². The number of nitrogen functional groups attached to an aromatic ring is 1. The van der Waals surface area contributed by atoms with Crippen LogP contribution in [0.1, 0.15) is 12.8 Å². The standard InChI is InChI=1S/C10H15N3O2S/c11-9-3-5-10(6-4-9)12-16(14,15)13-7-1-2-8-13/h3-6,12H,1-2,7-8,11H2. The van der Waals surface area contributed by atoms with E-state index in [1.807, 2.05) is 0 Å². The van der Waals surface area contributed by atoms with Gasteiger partial charge >= 0.3 is 10.2 Å². The van der Waals surface area contributed by atoms with Crippen LogP contribution in [0.25, 0.3) is 0 Å². The molecule has 1 fully saturated rings. The SMILES string of the molecule is Nc1ccc(NS(=O)(=O)N2CCCC2)cc1. The van der Waals surface area contributed by atoms with Gasteiger partial charge < -0.3 is 5.73 Å². The summed E-state index contributed by atoms with van der Waals surface area (Å²) in [4.78, 5) is 0. The lowest BCUT2D eigenvalue weighted by Crippen LogP contribution is -2.33. The Morgan fingerprint density at radius 2 is 1.69 bits per heavy atom. The Bertz CT molecular complexity index is 449. The minimum atomic E-state index is -3.38. The number of nitrogens with one attached hydrogen (secondary N) is 1. The molecule has 1 aliphatic rings. The summed E-state index contributed by atoms with van der Waals surface area (Å²) in [5.74, 6) is 0. The molecule has 1 aromatic rings. The first kappa shape index (κ1) is 11.2. The molecule has 88 valence electrons. The largest absolute Gasteiger partial charge is 0.399 e. The van der Waals surface area contributed by atoms with Crippen molar-refractivity contribution in [2.75, 3.05) is 23.5 Å². The highest BCUT2D eigenvalue weighted by Crippen LogP contribution is 2.17. The highest BCUT2D eigenvalue weighted by Gasteiger charge is 2.24. The second-order valence-corrected chi connectivity index (χ2v) is 5.51. The van der Waals surface area contributed by atoms with Crippen LogP contribution in [0.2, 0.25) is 0 Å². The van der Waals surface area contributed by atoms with Crippen molar-refractivity contribution in [1.29, 1.82) is 0 Å². The second-order valence-electron chi connectivity index (χ2n) is 3.84. The van der Waals surface area contributed by atoms with Crippen molar-refractivity contribution in [3.8, 4) is 0 Å². The minimum Gasteiger partial charge on any atom is -0.399 e. The van der Waals surface area contributed by atoms with Gasteiger partial charge in [0.2, 0.25) is 0 Å². The zero-order valence-corrected chi connectivity index (χ0v) is 9.70. The Kier molecular flexibility index (Phi) is 3.02. The van der Waals surface area contributed by atoms with Crippen molar-refractivity contribution in [3.05, 3.63) is 24.3 Å². The molecule has 16 heavy (non-hydrogen) atoms. The summed E-state index contributed by atoms with van der Waals surface area (Å²) in [6.45, 7) is 1.20. The predicted octanol–water partition coefficient (Wildman–Crippen LogP) is 1.02. The smallest absolute Gasteiger partial charge is 0.301 e. The third-order valence-electron chi connectivity index (χ3n) is 2.56. The van der Waals surface area contributed by atoms with Crippen molar-refractivity contribution in [2.24, 2.45) is 0 Å². The van der Waals surface area contributed by atoms with Gasteiger partial charge in [0, 0.05) is 24.5 Å². The number of anilines is 2. The fourth-order valence-corrected chi connectivity index (χ4v) is 3.00. The maximum atomic E-state index is 11.9. The highest BCUT2D eigenvalue weighted by atomic mass is 32.2. The maximum absolute atomic E-state index is 11.9. The molecule has 2 rings (SSSR count). The lowest BCUT2D eigenvalue weighted by molar-refractivity contribution is 0.482. The van der Waals surface area contributed by atoms with Gasteiger partial charge in [-0.2, -0.15) is 12.7 Å². The summed E-state index contributed by atoms with van der Waals surface area (Å²) in [5, 5.41) is 0. The average Bonchev–Trinajstić information content (AvgIpc) is 2.75. The first-order valence-corrected chi connectivity index (χ1v) is 6.65. The average molecular weight is 241 g/mol. The zero-order chi connectivity index (χ0) is 11.6. The maximum Gasteiger partial charge on any atom is 0.301 e. The van der Waals surface area contributed by atoms with Gasteiger partial charge in [-0.1, -0.05) is 0 Å². The molecule has 1 saturated heterocycles. The van der Waals surface area contributed by atoms with E-state index >= 15 is 0 Å². The van der Waals surface area contributed by atoms with E-state index in [0.29, 0.717) is 24.5 Å². The third-order valence-corrected chi connectivity index (χ3v) is 4.10. The van der Waals surface area contributed by atoms with Gasteiger partial charge in [-0.05, 0) is 37.1 Å². The van der Waals surface area contributed by atoms with E-state index in [1.165, 1.54) is 4.31 Å². The first-order chi connectivity index (χ1) is 7.58. The summed E-state index contributed by atoms with van der Waals surface area (Å²) < 4.78 is 27.7. The van der Waals surface area contributed by atoms with E-state index in [4.69, 9.17) is 5.73 Å². The number of benzene rings is 1. The Balaban J connectivity index is 2.11. The van der Waals surface area contributed by atoms with Crippen LogP contribution < -0.4 is 10.5 Å². The van der Waals surface area contributed by atoms with E-state index in [9.17, 15) is 8.42 Å². The van der Waals surface area contributed by atoms with Gasteiger partial charge in [-0.15, -0.1) is 0 Å². The molecule has 0 aromatic heterocycles.